The van der Waals surface area contributed by atoms with Gasteiger partial charge in [0.05, 0.1) is 6.04 Å². The summed E-state index contributed by atoms with van der Waals surface area (Å²) >= 11 is 15.8. The van der Waals surface area contributed by atoms with Gasteiger partial charge >= 0.3 is 0 Å². The first-order chi connectivity index (χ1) is 10.1. The predicted molar refractivity (Wildman–Crippen MR) is 94.1 cm³/mol. The largest absolute Gasteiger partial charge is 0.320 e. The van der Waals surface area contributed by atoms with Crippen molar-refractivity contribution in [2.24, 2.45) is 5.73 Å². The Morgan fingerprint density at radius 2 is 1.52 bits per heavy atom. The van der Waals surface area contributed by atoms with Crippen molar-refractivity contribution >= 4 is 49.9 Å². The molecule has 0 saturated heterocycles. The normalized spacial score (nSPS) is 12.6. The maximum absolute atomic E-state index is 6.47. The highest BCUT2D eigenvalue weighted by Gasteiger charge is 2.16. The fourth-order valence-corrected chi connectivity index (χ4v) is 3.64. The molecule has 1 unspecified atom stereocenters. The van der Waals surface area contributed by atoms with Crippen LogP contribution in [0.1, 0.15) is 17.2 Å². The maximum atomic E-state index is 6.47. The fourth-order valence-electron chi connectivity index (χ4n) is 2.48. The minimum absolute atomic E-state index is 0.251. The number of halogens is 3. The first kappa shape index (κ1) is 14.9. The van der Waals surface area contributed by atoms with E-state index in [4.69, 9.17) is 28.9 Å². The molecule has 106 valence electrons. The van der Waals surface area contributed by atoms with Gasteiger partial charge in [0.25, 0.3) is 0 Å². The number of benzene rings is 3. The van der Waals surface area contributed by atoms with Crippen LogP contribution in [-0.2, 0) is 0 Å². The molecule has 0 spiro atoms. The van der Waals surface area contributed by atoms with Crippen LogP contribution in [0.3, 0.4) is 0 Å². The summed E-state index contributed by atoms with van der Waals surface area (Å²) in [7, 11) is 0. The molecule has 0 aliphatic carbocycles. The van der Waals surface area contributed by atoms with Gasteiger partial charge in [-0.25, -0.2) is 0 Å². The van der Waals surface area contributed by atoms with Gasteiger partial charge in [-0.05, 0) is 34.7 Å². The Kier molecular flexibility index (Phi) is 4.23. The molecule has 2 N–H and O–H groups in total. The number of rotatable bonds is 2. The lowest BCUT2D eigenvalue weighted by molar-refractivity contribution is 0.875. The van der Waals surface area contributed by atoms with Crippen LogP contribution in [0.25, 0.3) is 10.8 Å². The summed E-state index contributed by atoms with van der Waals surface area (Å²) in [4.78, 5) is 0. The summed E-state index contributed by atoms with van der Waals surface area (Å²) < 4.78 is 0.904. The average molecular weight is 381 g/mol. The van der Waals surface area contributed by atoms with Crippen LogP contribution in [0, 0.1) is 0 Å². The minimum atomic E-state index is -0.251. The smallest absolute Gasteiger partial charge is 0.0568 e. The van der Waals surface area contributed by atoms with Crippen molar-refractivity contribution in [3.05, 3.63) is 80.2 Å². The molecule has 1 nitrogen and oxygen atoms in total. The molecule has 3 aromatic rings. The Labute approximate surface area is 141 Å². The maximum Gasteiger partial charge on any atom is 0.0568 e. The lowest BCUT2D eigenvalue weighted by Crippen LogP contribution is -2.13. The van der Waals surface area contributed by atoms with Gasteiger partial charge in [0.15, 0.2) is 0 Å². The van der Waals surface area contributed by atoms with E-state index in [2.05, 4.69) is 15.9 Å². The molecular formula is C17H12BrCl2N. The zero-order valence-corrected chi connectivity index (χ0v) is 14.1. The van der Waals surface area contributed by atoms with Crippen LogP contribution in [0.2, 0.25) is 10.0 Å². The zero-order valence-electron chi connectivity index (χ0n) is 11.0. The number of nitrogens with two attached hydrogens (primary N) is 1. The highest BCUT2D eigenvalue weighted by molar-refractivity contribution is 9.10. The molecule has 3 aromatic carbocycles. The summed E-state index contributed by atoms with van der Waals surface area (Å²) in [5.41, 5.74) is 8.50. The summed E-state index contributed by atoms with van der Waals surface area (Å²) in [5, 5.41) is 3.49. The van der Waals surface area contributed by atoms with Crippen LogP contribution in [0.5, 0.6) is 0 Å². The monoisotopic (exact) mass is 379 g/mol. The van der Waals surface area contributed by atoms with Crippen molar-refractivity contribution in [1.29, 1.82) is 0 Å². The molecule has 3 rings (SSSR count). The third-order valence-electron chi connectivity index (χ3n) is 3.54. The molecule has 0 aliphatic heterocycles. The Balaban J connectivity index is 2.18. The van der Waals surface area contributed by atoms with Gasteiger partial charge in [0.2, 0.25) is 0 Å². The summed E-state index contributed by atoms with van der Waals surface area (Å²) in [6, 6.07) is 17.3. The van der Waals surface area contributed by atoms with E-state index in [1.807, 2.05) is 54.6 Å². The molecule has 1 atom stereocenters. The van der Waals surface area contributed by atoms with E-state index >= 15 is 0 Å². The van der Waals surface area contributed by atoms with Crippen LogP contribution in [0.4, 0.5) is 0 Å². The highest BCUT2D eigenvalue weighted by Crippen LogP contribution is 2.34. The molecule has 0 heterocycles. The summed E-state index contributed by atoms with van der Waals surface area (Å²) in [5.74, 6) is 0. The number of hydrogen-bond acceptors (Lipinski definition) is 1. The van der Waals surface area contributed by atoms with Crippen molar-refractivity contribution in [3.63, 3.8) is 0 Å². The topological polar surface area (TPSA) is 26.0 Å². The number of hydrogen-bond donors (Lipinski definition) is 1. The zero-order chi connectivity index (χ0) is 15.0. The molecule has 0 aromatic heterocycles. The molecule has 0 amide bonds. The first-order valence-corrected chi connectivity index (χ1v) is 8.00. The van der Waals surface area contributed by atoms with Crippen molar-refractivity contribution in [1.82, 2.24) is 0 Å². The summed E-state index contributed by atoms with van der Waals surface area (Å²) in [6.45, 7) is 0. The van der Waals surface area contributed by atoms with Crippen molar-refractivity contribution in [2.75, 3.05) is 0 Å². The third-order valence-corrected chi connectivity index (χ3v) is 4.79. The molecular weight excluding hydrogens is 369 g/mol. The van der Waals surface area contributed by atoms with E-state index in [9.17, 15) is 0 Å². The highest BCUT2D eigenvalue weighted by atomic mass is 79.9. The second kappa shape index (κ2) is 5.98. The van der Waals surface area contributed by atoms with Crippen LogP contribution in [0.15, 0.2) is 59.1 Å². The first-order valence-electron chi connectivity index (χ1n) is 6.45. The molecule has 0 aliphatic rings. The van der Waals surface area contributed by atoms with E-state index in [1.54, 1.807) is 0 Å². The molecule has 0 fully saturated rings. The second-order valence-electron chi connectivity index (χ2n) is 4.83. The van der Waals surface area contributed by atoms with Crippen LogP contribution in [-0.4, -0.2) is 0 Å². The van der Waals surface area contributed by atoms with Crippen molar-refractivity contribution < 1.29 is 0 Å². The van der Waals surface area contributed by atoms with Crippen LogP contribution < -0.4 is 5.73 Å². The molecule has 0 saturated carbocycles. The van der Waals surface area contributed by atoms with E-state index in [0.717, 1.165) is 31.4 Å². The Morgan fingerprint density at radius 1 is 0.857 bits per heavy atom. The van der Waals surface area contributed by atoms with Gasteiger partial charge in [0, 0.05) is 19.9 Å². The van der Waals surface area contributed by atoms with Gasteiger partial charge in [-0.3, -0.25) is 0 Å². The van der Waals surface area contributed by atoms with Gasteiger partial charge in [0.1, 0.15) is 0 Å². The fraction of sp³-hybridized carbons (Fsp3) is 0.0588. The molecule has 0 bridgehead atoms. The van der Waals surface area contributed by atoms with E-state index in [1.165, 1.54) is 0 Å². The van der Waals surface area contributed by atoms with Gasteiger partial charge in [-0.2, -0.15) is 0 Å². The molecule has 0 radical (unpaired) electrons. The van der Waals surface area contributed by atoms with Gasteiger partial charge in [-0.1, -0.05) is 75.5 Å². The Bertz CT molecular complexity index is 817. The quantitative estimate of drug-likeness (QED) is 0.583. The van der Waals surface area contributed by atoms with E-state index in [0.29, 0.717) is 5.02 Å². The lowest BCUT2D eigenvalue weighted by atomic mass is 9.94. The minimum Gasteiger partial charge on any atom is -0.320 e. The molecule has 4 heteroatoms. The van der Waals surface area contributed by atoms with Crippen molar-refractivity contribution in [3.8, 4) is 0 Å². The van der Waals surface area contributed by atoms with Gasteiger partial charge < -0.3 is 5.73 Å². The average Bonchev–Trinajstić information content (AvgIpc) is 2.47. The van der Waals surface area contributed by atoms with Crippen LogP contribution >= 0.6 is 39.1 Å². The second-order valence-corrected chi connectivity index (χ2v) is 6.52. The SMILES string of the molecule is NC(c1ccc(Cl)cc1Br)c1ccc(Cl)c2ccccc12. The number of fused-ring (bicyclic) bond motifs is 1. The van der Waals surface area contributed by atoms with E-state index in [-0.39, 0.29) is 6.04 Å². The third kappa shape index (κ3) is 2.82. The predicted octanol–water partition coefficient (Wildman–Crippen LogP) is 5.96. The summed E-state index contributed by atoms with van der Waals surface area (Å²) in [6.07, 6.45) is 0. The van der Waals surface area contributed by atoms with Crippen molar-refractivity contribution in [2.45, 2.75) is 6.04 Å². The Morgan fingerprint density at radius 3 is 2.24 bits per heavy atom. The molecule has 21 heavy (non-hydrogen) atoms. The van der Waals surface area contributed by atoms with E-state index < -0.39 is 0 Å². The standard InChI is InChI=1S/C17H12BrCl2N/c18-15-9-10(19)5-6-14(15)17(21)13-7-8-16(20)12-4-2-1-3-11(12)13/h1-9,17H,21H2. The lowest BCUT2D eigenvalue weighted by Gasteiger charge is -2.17. The Hall–Kier alpha value is -1.06. The van der Waals surface area contributed by atoms with Gasteiger partial charge in [-0.15, -0.1) is 0 Å².